The monoisotopic (exact) mass is 310 g/mol. The predicted molar refractivity (Wildman–Crippen MR) is 69.8 cm³/mol. The van der Waals surface area contributed by atoms with Crippen molar-refractivity contribution in [3.8, 4) is 0 Å². The molecule has 0 bridgehead atoms. The molecule has 3 nitrogen and oxygen atoms in total. The van der Waals surface area contributed by atoms with E-state index in [1.54, 1.807) is 12.4 Å². The minimum atomic E-state index is -0.281. The molecule has 1 saturated carbocycles. The summed E-state index contributed by atoms with van der Waals surface area (Å²) in [4.78, 5) is 15.1. The first-order valence-corrected chi connectivity index (χ1v) is 6.60. The largest absolute Gasteiger partial charge is 0.325 e. The van der Waals surface area contributed by atoms with Crippen molar-refractivity contribution in [2.45, 2.75) is 25.8 Å². The maximum Gasteiger partial charge on any atom is 0.150 e. The third-order valence-electron chi connectivity index (χ3n) is 3.67. The lowest BCUT2D eigenvalue weighted by Crippen LogP contribution is -2.37. The minimum Gasteiger partial charge on any atom is -0.325 e. The first-order valence-electron chi connectivity index (χ1n) is 5.80. The molecule has 94 valence electrons. The number of benzene rings is 1. The van der Waals surface area contributed by atoms with Crippen molar-refractivity contribution in [1.82, 2.24) is 9.55 Å². The number of hydrogen-bond donors (Lipinski definition) is 0. The highest BCUT2D eigenvalue weighted by Crippen LogP contribution is 2.47. The lowest BCUT2D eigenvalue weighted by molar-refractivity contribution is -0.121. The molecule has 3 rings (SSSR count). The van der Waals surface area contributed by atoms with E-state index in [0.29, 0.717) is 15.5 Å². The second-order valence-corrected chi connectivity index (χ2v) is 6.16. The molecule has 0 spiro atoms. The van der Waals surface area contributed by atoms with Crippen molar-refractivity contribution in [2.24, 2.45) is 5.41 Å². The Morgan fingerprint density at radius 3 is 2.94 bits per heavy atom. The summed E-state index contributed by atoms with van der Waals surface area (Å²) in [6.45, 7) is 1.93. The van der Waals surface area contributed by atoms with Crippen molar-refractivity contribution in [3.63, 3.8) is 0 Å². The van der Waals surface area contributed by atoms with Crippen LogP contribution in [-0.4, -0.2) is 15.8 Å². The van der Waals surface area contributed by atoms with Gasteiger partial charge in [-0.15, -0.1) is 0 Å². The molecule has 0 unspecified atom stereocenters. The Kier molecular flexibility index (Phi) is 2.55. The quantitative estimate of drug-likeness (QED) is 0.796. The zero-order valence-corrected chi connectivity index (χ0v) is 11.4. The first kappa shape index (κ1) is 11.8. The Morgan fingerprint density at radius 1 is 1.56 bits per heavy atom. The number of halogens is 2. The Bertz CT molecular complexity index is 631. The van der Waals surface area contributed by atoms with Gasteiger partial charge in [-0.2, -0.15) is 0 Å². The maximum absolute atomic E-state index is 14.0. The van der Waals surface area contributed by atoms with E-state index in [0.717, 1.165) is 19.1 Å². The second kappa shape index (κ2) is 3.88. The van der Waals surface area contributed by atoms with Gasteiger partial charge in [-0.3, -0.25) is 0 Å². The first-order chi connectivity index (χ1) is 8.52. The highest BCUT2D eigenvalue weighted by Gasteiger charge is 2.41. The van der Waals surface area contributed by atoms with Gasteiger partial charge < -0.3 is 9.36 Å². The highest BCUT2D eigenvalue weighted by atomic mass is 79.9. The van der Waals surface area contributed by atoms with Gasteiger partial charge in [-0.1, -0.05) is 22.9 Å². The summed E-state index contributed by atoms with van der Waals surface area (Å²) in [5.41, 5.74) is 0.908. The highest BCUT2D eigenvalue weighted by molar-refractivity contribution is 9.10. The van der Waals surface area contributed by atoms with Gasteiger partial charge in [0, 0.05) is 15.9 Å². The molecule has 1 aliphatic carbocycles. The fraction of sp³-hybridized carbons (Fsp3) is 0.385. The predicted octanol–water partition coefficient (Wildman–Crippen LogP) is 3.48. The fourth-order valence-corrected chi connectivity index (χ4v) is 3.09. The number of aromatic nitrogens is 2. The van der Waals surface area contributed by atoms with Crippen LogP contribution in [0.3, 0.4) is 0 Å². The van der Waals surface area contributed by atoms with E-state index in [1.807, 2.05) is 11.5 Å². The van der Waals surface area contributed by atoms with Gasteiger partial charge in [0.15, 0.2) is 0 Å². The summed E-state index contributed by atoms with van der Waals surface area (Å²) < 4.78 is 16.5. The molecule has 1 heterocycles. The van der Waals surface area contributed by atoms with Crippen LogP contribution in [0.4, 0.5) is 4.39 Å². The van der Waals surface area contributed by atoms with Crippen LogP contribution >= 0.6 is 15.9 Å². The van der Waals surface area contributed by atoms with Crippen LogP contribution in [0.15, 0.2) is 22.9 Å². The molecule has 2 aromatic rings. The molecule has 1 aromatic carbocycles. The molecule has 0 amide bonds. The number of imidazole rings is 1. The lowest BCUT2D eigenvalue weighted by atomic mass is 9.68. The van der Waals surface area contributed by atoms with E-state index in [2.05, 4.69) is 20.9 Å². The second-order valence-electron chi connectivity index (χ2n) is 5.24. The summed E-state index contributed by atoms with van der Waals surface area (Å²) >= 11 is 3.25. The topological polar surface area (TPSA) is 34.9 Å². The number of hydrogen-bond acceptors (Lipinski definition) is 2. The van der Waals surface area contributed by atoms with Crippen molar-refractivity contribution in [1.29, 1.82) is 0 Å². The van der Waals surface area contributed by atoms with Gasteiger partial charge in [0.1, 0.15) is 17.6 Å². The smallest absolute Gasteiger partial charge is 0.150 e. The standard InChI is InChI=1S/C13H12BrFN2O/c1-13(6-18)4-9(5-13)17-7-16-11-3-8(14)2-10(15)12(11)17/h2-3,6-7,9H,4-5H2,1H3. The number of rotatable bonds is 2. The van der Waals surface area contributed by atoms with E-state index in [4.69, 9.17) is 0 Å². The third-order valence-corrected chi connectivity index (χ3v) is 4.13. The van der Waals surface area contributed by atoms with E-state index < -0.39 is 0 Å². The summed E-state index contributed by atoms with van der Waals surface area (Å²) in [5.74, 6) is -0.281. The number of carbonyl (C=O) groups excluding carboxylic acids is 1. The molecule has 0 aliphatic heterocycles. The number of aldehydes is 1. The molecular weight excluding hydrogens is 299 g/mol. The van der Waals surface area contributed by atoms with Crippen molar-refractivity contribution < 1.29 is 9.18 Å². The molecule has 0 radical (unpaired) electrons. The molecular formula is C13H12BrFN2O. The van der Waals surface area contributed by atoms with Crippen LogP contribution in [0, 0.1) is 11.2 Å². The molecule has 0 saturated heterocycles. The molecule has 18 heavy (non-hydrogen) atoms. The summed E-state index contributed by atoms with van der Waals surface area (Å²) in [6.07, 6.45) is 4.15. The van der Waals surface area contributed by atoms with Crippen LogP contribution < -0.4 is 0 Å². The number of nitrogens with zero attached hydrogens (tertiary/aromatic N) is 2. The van der Waals surface area contributed by atoms with Gasteiger partial charge in [0.05, 0.1) is 11.8 Å². The van der Waals surface area contributed by atoms with Crippen LogP contribution in [0.2, 0.25) is 0 Å². The molecule has 0 atom stereocenters. The normalized spacial score (nSPS) is 27.2. The number of fused-ring (bicyclic) bond motifs is 1. The zero-order valence-electron chi connectivity index (χ0n) is 9.86. The van der Waals surface area contributed by atoms with E-state index in [-0.39, 0.29) is 17.3 Å². The number of carbonyl (C=O) groups is 1. The minimum absolute atomic E-state index is 0.167. The Morgan fingerprint density at radius 2 is 2.28 bits per heavy atom. The zero-order chi connectivity index (χ0) is 12.9. The van der Waals surface area contributed by atoms with Gasteiger partial charge in [0.25, 0.3) is 0 Å². The van der Waals surface area contributed by atoms with E-state index in [9.17, 15) is 9.18 Å². The molecule has 0 N–H and O–H groups in total. The van der Waals surface area contributed by atoms with Gasteiger partial charge in [-0.05, 0) is 25.0 Å². The van der Waals surface area contributed by atoms with Crippen molar-refractivity contribution in [3.05, 3.63) is 28.7 Å². The van der Waals surface area contributed by atoms with Crippen LogP contribution in [0.5, 0.6) is 0 Å². The van der Waals surface area contributed by atoms with Gasteiger partial charge in [0.2, 0.25) is 0 Å². The molecule has 1 aromatic heterocycles. The lowest BCUT2D eigenvalue weighted by Gasteiger charge is -2.41. The van der Waals surface area contributed by atoms with Crippen molar-refractivity contribution in [2.75, 3.05) is 0 Å². The summed E-state index contributed by atoms with van der Waals surface area (Å²) in [6, 6.07) is 3.41. The fourth-order valence-electron chi connectivity index (χ4n) is 2.68. The van der Waals surface area contributed by atoms with Crippen LogP contribution in [0.25, 0.3) is 11.0 Å². The summed E-state index contributed by atoms with van der Waals surface area (Å²) in [7, 11) is 0. The maximum atomic E-state index is 14.0. The average molecular weight is 311 g/mol. The van der Waals surface area contributed by atoms with Gasteiger partial charge in [-0.25, -0.2) is 9.37 Å². The Labute approximate surface area is 112 Å². The molecule has 1 aliphatic rings. The Balaban J connectivity index is 2.02. The molecule has 5 heteroatoms. The third kappa shape index (κ3) is 1.68. The SMILES string of the molecule is CC1(C=O)CC(n2cnc3cc(Br)cc(F)c32)C1. The Hall–Kier alpha value is -1.23. The van der Waals surface area contributed by atoms with Crippen LogP contribution in [0.1, 0.15) is 25.8 Å². The van der Waals surface area contributed by atoms with E-state index >= 15 is 0 Å². The average Bonchev–Trinajstić information content (AvgIpc) is 2.68. The summed E-state index contributed by atoms with van der Waals surface area (Å²) in [5, 5.41) is 0. The molecule has 1 fully saturated rings. The van der Waals surface area contributed by atoms with Crippen LogP contribution in [-0.2, 0) is 4.79 Å². The van der Waals surface area contributed by atoms with Gasteiger partial charge >= 0.3 is 0 Å². The van der Waals surface area contributed by atoms with E-state index in [1.165, 1.54) is 6.07 Å². The van der Waals surface area contributed by atoms with Crippen molar-refractivity contribution >= 4 is 33.2 Å².